The van der Waals surface area contributed by atoms with E-state index in [0.717, 1.165) is 11.8 Å². The van der Waals surface area contributed by atoms with Gasteiger partial charge in [-0.3, -0.25) is 0 Å². The summed E-state index contributed by atoms with van der Waals surface area (Å²) in [7, 11) is 0. The molecule has 0 unspecified atom stereocenters. The summed E-state index contributed by atoms with van der Waals surface area (Å²) in [5, 5.41) is 7.36. The molecule has 0 heterocycles. The zero-order chi connectivity index (χ0) is 15.9. The predicted octanol–water partition coefficient (Wildman–Crippen LogP) is 2.89. The lowest BCUT2D eigenvalue weighted by Crippen LogP contribution is -2.14. The molecular formula is C17H15FN2O2. The van der Waals surface area contributed by atoms with Crippen molar-refractivity contribution in [1.29, 1.82) is 5.41 Å². The molecule has 0 radical (unpaired) electrons. The molecule has 0 saturated carbocycles. The fourth-order valence-electron chi connectivity index (χ4n) is 1.83. The molecule has 0 aliphatic heterocycles. The van der Waals surface area contributed by atoms with Crippen molar-refractivity contribution in [2.75, 3.05) is 0 Å². The number of esters is 1. The smallest absolute Gasteiger partial charge is 0.342 e. The molecule has 4 nitrogen and oxygen atoms in total. The Morgan fingerprint density at radius 3 is 2.36 bits per heavy atom. The molecule has 0 spiro atoms. The van der Waals surface area contributed by atoms with Gasteiger partial charge in [-0.2, -0.15) is 0 Å². The van der Waals surface area contributed by atoms with Crippen LogP contribution in [0.3, 0.4) is 0 Å². The van der Waals surface area contributed by atoms with Crippen molar-refractivity contribution in [2.45, 2.75) is 6.61 Å². The van der Waals surface area contributed by atoms with Crippen LogP contribution in [0.1, 0.15) is 11.1 Å². The molecule has 3 N–H and O–H groups in total. The average molecular weight is 298 g/mol. The number of carbonyl (C=O) groups is 1. The second-order valence-electron chi connectivity index (χ2n) is 4.54. The van der Waals surface area contributed by atoms with Gasteiger partial charge in [0, 0.05) is 6.21 Å². The molecule has 2 aromatic rings. The van der Waals surface area contributed by atoms with Crippen LogP contribution in [0.25, 0.3) is 5.70 Å². The van der Waals surface area contributed by atoms with Gasteiger partial charge in [-0.1, -0.05) is 30.3 Å². The maximum absolute atomic E-state index is 12.9. The van der Waals surface area contributed by atoms with Gasteiger partial charge in [0.2, 0.25) is 0 Å². The van der Waals surface area contributed by atoms with Gasteiger partial charge in [0.25, 0.3) is 0 Å². The summed E-state index contributed by atoms with van der Waals surface area (Å²) in [6.07, 6.45) is 0.839. The molecular weight excluding hydrogens is 283 g/mol. The molecule has 0 aliphatic carbocycles. The first kappa shape index (κ1) is 15.4. The number of ether oxygens (including phenoxy) is 1. The largest absolute Gasteiger partial charge is 0.457 e. The Labute approximate surface area is 127 Å². The van der Waals surface area contributed by atoms with Crippen LogP contribution in [0.4, 0.5) is 4.39 Å². The van der Waals surface area contributed by atoms with Crippen LogP contribution in [-0.4, -0.2) is 12.2 Å². The maximum atomic E-state index is 12.9. The highest BCUT2D eigenvalue weighted by molar-refractivity contribution is 6.14. The number of nitrogens with one attached hydrogen (secondary N) is 1. The van der Waals surface area contributed by atoms with Gasteiger partial charge < -0.3 is 15.9 Å². The highest BCUT2D eigenvalue weighted by atomic mass is 19.1. The van der Waals surface area contributed by atoms with E-state index in [2.05, 4.69) is 0 Å². The number of hydrogen-bond acceptors (Lipinski definition) is 4. The van der Waals surface area contributed by atoms with Gasteiger partial charge in [0.05, 0.1) is 5.70 Å². The summed E-state index contributed by atoms with van der Waals surface area (Å²) < 4.78 is 18.1. The van der Waals surface area contributed by atoms with Gasteiger partial charge in [-0.15, -0.1) is 0 Å². The Morgan fingerprint density at radius 2 is 1.77 bits per heavy atom. The van der Waals surface area contributed by atoms with Crippen molar-refractivity contribution in [1.82, 2.24) is 0 Å². The van der Waals surface area contributed by atoms with Crippen molar-refractivity contribution in [3.05, 3.63) is 77.1 Å². The van der Waals surface area contributed by atoms with Crippen LogP contribution in [0, 0.1) is 11.2 Å². The molecule has 5 heteroatoms. The Kier molecular flexibility index (Phi) is 5.03. The van der Waals surface area contributed by atoms with Crippen molar-refractivity contribution < 1.29 is 13.9 Å². The molecule has 0 aliphatic rings. The average Bonchev–Trinajstić information content (AvgIpc) is 2.55. The standard InChI is InChI=1S/C17H15FN2O2/c18-14-8-6-13(7-9-14)16(20)15(10-19)17(21)22-11-12-4-2-1-3-5-12/h1-10,19H,11,20H2/b16-15+,19-10?. The van der Waals surface area contributed by atoms with Crippen LogP contribution < -0.4 is 5.73 Å². The molecule has 0 saturated heterocycles. The normalized spacial score (nSPS) is 11.5. The molecule has 0 atom stereocenters. The number of nitrogens with two attached hydrogens (primary N) is 1. The van der Waals surface area contributed by atoms with E-state index < -0.39 is 11.8 Å². The van der Waals surface area contributed by atoms with E-state index in [4.69, 9.17) is 15.9 Å². The number of halogens is 1. The highest BCUT2D eigenvalue weighted by Crippen LogP contribution is 2.15. The SMILES string of the molecule is N=C/C(C(=O)OCc1ccccc1)=C(\N)c1ccc(F)cc1. The first-order chi connectivity index (χ1) is 10.6. The van der Waals surface area contributed by atoms with Gasteiger partial charge in [-0.05, 0) is 35.4 Å². The lowest BCUT2D eigenvalue weighted by atomic mass is 10.1. The number of benzene rings is 2. The second-order valence-corrected chi connectivity index (χ2v) is 4.54. The second kappa shape index (κ2) is 7.17. The van der Waals surface area contributed by atoms with E-state index in [-0.39, 0.29) is 17.9 Å². The third-order valence-corrected chi connectivity index (χ3v) is 3.02. The van der Waals surface area contributed by atoms with Crippen LogP contribution in [0.15, 0.2) is 60.2 Å². The first-order valence-electron chi connectivity index (χ1n) is 6.59. The minimum absolute atomic E-state index is 0.0671. The maximum Gasteiger partial charge on any atom is 0.342 e. The zero-order valence-electron chi connectivity index (χ0n) is 11.8. The van der Waals surface area contributed by atoms with Crippen molar-refractivity contribution in [3.63, 3.8) is 0 Å². The van der Waals surface area contributed by atoms with Crippen LogP contribution in [-0.2, 0) is 16.1 Å². The van der Waals surface area contributed by atoms with E-state index in [1.165, 1.54) is 24.3 Å². The highest BCUT2D eigenvalue weighted by Gasteiger charge is 2.14. The Balaban J connectivity index is 2.15. The Hall–Kier alpha value is -2.95. The van der Waals surface area contributed by atoms with Gasteiger partial charge in [0.15, 0.2) is 0 Å². The monoisotopic (exact) mass is 298 g/mol. The Bertz CT molecular complexity index is 694. The zero-order valence-corrected chi connectivity index (χ0v) is 11.8. The quantitative estimate of drug-likeness (QED) is 0.506. The van der Waals surface area contributed by atoms with E-state index in [1.807, 2.05) is 30.3 Å². The van der Waals surface area contributed by atoms with Crippen molar-refractivity contribution >= 4 is 17.9 Å². The molecule has 0 fully saturated rings. The van der Waals surface area contributed by atoms with Gasteiger partial charge in [0.1, 0.15) is 18.0 Å². The minimum atomic E-state index is -0.694. The van der Waals surface area contributed by atoms with Crippen molar-refractivity contribution in [3.8, 4) is 0 Å². The minimum Gasteiger partial charge on any atom is -0.457 e. The summed E-state index contributed by atoms with van der Waals surface area (Å²) in [5.74, 6) is -1.10. The first-order valence-corrected chi connectivity index (χ1v) is 6.59. The molecule has 22 heavy (non-hydrogen) atoms. The summed E-state index contributed by atoms with van der Waals surface area (Å²) in [6, 6.07) is 14.5. The topological polar surface area (TPSA) is 76.2 Å². The molecule has 2 aromatic carbocycles. The lowest BCUT2D eigenvalue weighted by molar-refractivity contribution is -0.139. The molecule has 0 amide bonds. The van der Waals surface area contributed by atoms with Crippen LogP contribution >= 0.6 is 0 Å². The number of carbonyl (C=O) groups excluding carboxylic acids is 1. The van der Waals surface area contributed by atoms with Crippen LogP contribution in [0.2, 0.25) is 0 Å². The summed E-state index contributed by atoms with van der Waals surface area (Å²) in [4.78, 5) is 12.0. The Morgan fingerprint density at radius 1 is 1.14 bits per heavy atom. The fraction of sp³-hybridized carbons (Fsp3) is 0.0588. The van der Waals surface area contributed by atoms with Crippen LogP contribution in [0.5, 0.6) is 0 Å². The number of rotatable bonds is 5. The summed E-state index contributed by atoms with van der Waals surface area (Å²) in [5.41, 5.74) is 7.17. The number of hydrogen-bond donors (Lipinski definition) is 2. The van der Waals surface area contributed by atoms with E-state index >= 15 is 0 Å². The summed E-state index contributed by atoms with van der Waals surface area (Å²) in [6.45, 7) is 0.0910. The summed E-state index contributed by atoms with van der Waals surface area (Å²) >= 11 is 0. The predicted molar refractivity (Wildman–Crippen MR) is 82.5 cm³/mol. The lowest BCUT2D eigenvalue weighted by Gasteiger charge is -2.09. The third kappa shape index (κ3) is 3.79. The van der Waals surface area contributed by atoms with Crippen molar-refractivity contribution in [2.24, 2.45) is 5.73 Å². The third-order valence-electron chi connectivity index (χ3n) is 3.02. The van der Waals surface area contributed by atoms with E-state index in [9.17, 15) is 9.18 Å². The van der Waals surface area contributed by atoms with Gasteiger partial charge in [-0.25, -0.2) is 9.18 Å². The van der Waals surface area contributed by atoms with E-state index in [0.29, 0.717) is 5.56 Å². The molecule has 112 valence electrons. The van der Waals surface area contributed by atoms with Gasteiger partial charge >= 0.3 is 5.97 Å². The molecule has 0 bridgehead atoms. The van der Waals surface area contributed by atoms with E-state index in [1.54, 1.807) is 0 Å². The molecule has 0 aromatic heterocycles. The molecule has 2 rings (SSSR count). The fourth-order valence-corrected chi connectivity index (χ4v) is 1.83.